The minimum Gasteiger partial charge on any atom is -0.507 e. The first-order valence-electron chi connectivity index (χ1n) is 5.55. The quantitative estimate of drug-likeness (QED) is 0.612. The summed E-state index contributed by atoms with van der Waals surface area (Å²) in [6.07, 6.45) is 2.90. The maximum Gasteiger partial charge on any atom is 0.177 e. The average molecular weight is 218 g/mol. The molecule has 0 amide bonds. The molecule has 0 aliphatic heterocycles. The van der Waals surface area contributed by atoms with E-state index < -0.39 is 5.92 Å². The van der Waals surface area contributed by atoms with Crippen molar-refractivity contribution in [3.63, 3.8) is 0 Å². The smallest absolute Gasteiger partial charge is 0.177 e. The van der Waals surface area contributed by atoms with E-state index in [2.05, 4.69) is 0 Å². The minimum atomic E-state index is -0.540. The summed E-state index contributed by atoms with van der Waals surface area (Å²) in [5.41, 5.74) is 0.266. The number of hydrogen-bond donors (Lipinski definition) is 1. The maximum atomic E-state index is 12.1. The van der Waals surface area contributed by atoms with Crippen LogP contribution < -0.4 is 0 Å². The zero-order valence-electron chi connectivity index (χ0n) is 8.98. The van der Waals surface area contributed by atoms with Crippen molar-refractivity contribution >= 4 is 11.6 Å². The van der Waals surface area contributed by atoms with Crippen LogP contribution in [-0.2, 0) is 4.79 Å². The van der Waals surface area contributed by atoms with Crippen molar-refractivity contribution in [2.24, 2.45) is 5.92 Å². The Morgan fingerprint density at radius 1 is 1.25 bits per heavy atom. The van der Waals surface area contributed by atoms with Crippen LogP contribution in [0.2, 0.25) is 0 Å². The molecule has 1 fully saturated rings. The Bertz CT molecular complexity index is 423. The van der Waals surface area contributed by atoms with Crippen molar-refractivity contribution < 1.29 is 14.7 Å². The monoisotopic (exact) mass is 218 g/mol. The van der Waals surface area contributed by atoms with Crippen molar-refractivity contribution in [1.29, 1.82) is 0 Å². The Hall–Kier alpha value is -1.64. The van der Waals surface area contributed by atoms with Gasteiger partial charge in [0.25, 0.3) is 0 Å². The third-order valence-corrected chi connectivity index (χ3v) is 3.04. The Kier molecular flexibility index (Phi) is 3.04. The largest absolute Gasteiger partial charge is 0.507 e. The number of aromatic hydroxyl groups is 1. The maximum absolute atomic E-state index is 12.1. The molecule has 0 aromatic heterocycles. The second-order valence-corrected chi connectivity index (χ2v) is 4.15. The van der Waals surface area contributed by atoms with E-state index >= 15 is 0 Å². The fraction of sp³-hybridized carbons (Fsp3) is 0.385. The minimum absolute atomic E-state index is 0.0134. The number of phenols is 1. The van der Waals surface area contributed by atoms with Gasteiger partial charge in [-0.25, -0.2) is 0 Å². The molecule has 3 nitrogen and oxygen atoms in total. The number of phenolic OH excluding ortho intramolecular Hbond substituents is 1. The lowest BCUT2D eigenvalue weighted by molar-refractivity contribution is -0.122. The van der Waals surface area contributed by atoms with Crippen LogP contribution in [0.1, 0.15) is 36.0 Å². The van der Waals surface area contributed by atoms with Crippen LogP contribution in [0.3, 0.4) is 0 Å². The van der Waals surface area contributed by atoms with Gasteiger partial charge in [0.2, 0.25) is 0 Å². The fourth-order valence-electron chi connectivity index (χ4n) is 2.13. The summed E-state index contributed by atoms with van der Waals surface area (Å²) in [6.45, 7) is 0. The van der Waals surface area contributed by atoms with Crippen LogP contribution in [0.15, 0.2) is 24.3 Å². The van der Waals surface area contributed by atoms with Crippen LogP contribution in [0.4, 0.5) is 0 Å². The van der Waals surface area contributed by atoms with Crippen LogP contribution in [-0.4, -0.2) is 16.7 Å². The summed E-state index contributed by atoms with van der Waals surface area (Å²) in [5, 5.41) is 9.57. The predicted molar refractivity (Wildman–Crippen MR) is 59.4 cm³/mol. The number of carbonyl (C=O) groups excluding carboxylic acids is 2. The van der Waals surface area contributed by atoms with E-state index in [1.807, 2.05) is 0 Å². The number of rotatable bonds is 2. The molecular weight excluding hydrogens is 204 g/mol. The molecule has 84 valence electrons. The molecule has 3 heteroatoms. The molecule has 2 rings (SSSR count). The summed E-state index contributed by atoms with van der Waals surface area (Å²) in [6, 6.07) is 6.40. The van der Waals surface area contributed by atoms with Gasteiger partial charge in [-0.3, -0.25) is 9.59 Å². The van der Waals surface area contributed by atoms with E-state index in [1.54, 1.807) is 18.2 Å². The first kappa shape index (κ1) is 10.9. The zero-order chi connectivity index (χ0) is 11.5. The van der Waals surface area contributed by atoms with Gasteiger partial charge in [-0.1, -0.05) is 18.6 Å². The molecule has 0 radical (unpaired) electrons. The standard InChI is InChI=1S/C13H14O3/c14-11-7-3-1-5-9(11)13(16)10-6-2-4-8-12(10)15/h1,3,5,7,10,14H,2,4,6,8H2. The summed E-state index contributed by atoms with van der Waals surface area (Å²) in [7, 11) is 0. The number of carbonyl (C=O) groups is 2. The molecule has 0 heterocycles. The molecule has 0 spiro atoms. The first-order valence-corrected chi connectivity index (χ1v) is 5.55. The van der Waals surface area contributed by atoms with Crippen molar-refractivity contribution in [2.75, 3.05) is 0 Å². The zero-order valence-corrected chi connectivity index (χ0v) is 8.98. The highest BCUT2D eigenvalue weighted by atomic mass is 16.3. The van der Waals surface area contributed by atoms with Gasteiger partial charge < -0.3 is 5.11 Å². The molecule has 1 aromatic carbocycles. The lowest BCUT2D eigenvalue weighted by atomic mass is 9.82. The SMILES string of the molecule is O=C1CCCCC1C(=O)c1ccccc1O. The second-order valence-electron chi connectivity index (χ2n) is 4.15. The van der Waals surface area contributed by atoms with E-state index in [9.17, 15) is 14.7 Å². The Labute approximate surface area is 94.1 Å². The molecule has 1 N–H and O–H groups in total. The van der Waals surface area contributed by atoms with Gasteiger partial charge in [0.05, 0.1) is 11.5 Å². The summed E-state index contributed by atoms with van der Waals surface area (Å²) < 4.78 is 0. The normalized spacial score (nSPS) is 20.8. The number of para-hydroxylation sites is 1. The van der Waals surface area contributed by atoms with Gasteiger partial charge >= 0.3 is 0 Å². The number of hydrogen-bond acceptors (Lipinski definition) is 3. The van der Waals surface area contributed by atoms with Crippen molar-refractivity contribution in [3.05, 3.63) is 29.8 Å². The van der Waals surface area contributed by atoms with Gasteiger partial charge in [0.1, 0.15) is 11.5 Å². The van der Waals surface area contributed by atoms with E-state index in [-0.39, 0.29) is 22.9 Å². The third kappa shape index (κ3) is 1.98. The summed E-state index contributed by atoms with van der Waals surface area (Å²) in [4.78, 5) is 23.7. The second kappa shape index (κ2) is 4.47. The van der Waals surface area contributed by atoms with E-state index in [0.29, 0.717) is 12.8 Å². The molecule has 1 aliphatic rings. The van der Waals surface area contributed by atoms with Gasteiger partial charge in [0, 0.05) is 6.42 Å². The highest BCUT2D eigenvalue weighted by Gasteiger charge is 2.30. The molecule has 1 unspecified atom stereocenters. The number of Topliss-reactive ketones (excluding diaryl/α,β-unsaturated/α-hetero) is 2. The van der Waals surface area contributed by atoms with Gasteiger partial charge in [0.15, 0.2) is 5.78 Å². The highest BCUT2D eigenvalue weighted by molar-refractivity contribution is 6.12. The highest BCUT2D eigenvalue weighted by Crippen LogP contribution is 2.27. The molecular formula is C13H14O3. The van der Waals surface area contributed by atoms with Crippen molar-refractivity contribution in [1.82, 2.24) is 0 Å². The molecule has 0 saturated heterocycles. The Balaban J connectivity index is 2.25. The van der Waals surface area contributed by atoms with E-state index in [4.69, 9.17) is 0 Å². The summed E-state index contributed by atoms with van der Waals surface area (Å²) >= 11 is 0. The van der Waals surface area contributed by atoms with Gasteiger partial charge in [-0.2, -0.15) is 0 Å². The van der Waals surface area contributed by atoms with Crippen LogP contribution in [0, 0.1) is 5.92 Å². The van der Waals surface area contributed by atoms with Crippen LogP contribution in [0.25, 0.3) is 0 Å². The summed E-state index contributed by atoms with van der Waals surface area (Å²) in [5.74, 6) is -0.796. The molecule has 1 atom stereocenters. The van der Waals surface area contributed by atoms with Crippen molar-refractivity contribution in [2.45, 2.75) is 25.7 Å². The van der Waals surface area contributed by atoms with Crippen LogP contribution in [0.5, 0.6) is 5.75 Å². The molecule has 16 heavy (non-hydrogen) atoms. The number of ketones is 2. The van der Waals surface area contributed by atoms with Crippen molar-refractivity contribution in [3.8, 4) is 5.75 Å². The Morgan fingerprint density at radius 3 is 2.69 bits per heavy atom. The fourth-order valence-corrected chi connectivity index (χ4v) is 2.13. The number of benzene rings is 1. The molecule has 1 aromatic rings. The average Bonchev–Trinajstić information content (AvgIpc) is 2.29. The topological polar surface area (TPSA) is 54.4 Å². The van der Waals surface area contributed by atoms with Gasteiger partial charge in [-0.15, -0.1) is 0 Å². The Morgan fingerprint density at radius 2 is 2.00 bits per heavy atom. The van der Waals surface area contributed by atoms with E-state index in [1.165, 1.54) is 6.07 Å². The molecule has 1 saturated carbocycles. The predicted octanol–water partition coefficient (Wildman–Crippen LogP) is 2.33. The molecule has 1 aliphatic carbocycles. The lowest BCUT2D eigenvalue weighted by Gasteiger charge is -2.19. The van der Waals surface area contributed by atoms with Crippen LogP contribution >= 0.6 is 0 Å². The third-order valence-electron chi connectivity index (χ3n) is 3.04. The lowest BCUT2D eigenvalue weighted by Crippen LogP contribution is -2.27. The molecule has 0 bridgehead atoms. The first-order chi connectivity index (χ1) is 7.70. The van der Waals surface area contributed by atoms with Gasteiger partial charge in [-0.05, 0) is 25.0 Å². The van der Waals surface area contributed by atoms with E-state index in [0.717, 1.165) is 12.8 Å².